The fourth-order valence-electron chi connectivity index (χ4n) is 7.08. The Balaban J connectivity index is 1.05. The van der Waals surface area contributed by atoms with Crippen LogP contribution in [-0.2, 0) is 9.59 Å². The lowest BCUT2D eigenvalue weighted by atomic mass is 9.49. The van der Waals surface area contributed by atoms with Gasteiger partial charge in [0.05, 0.1) is 5.41 Å². The Morgan fingerprint density at radius 2 is 1.63 bits per heavy atom. The van der Waals surface area contributed by atoms with Gasteiger partial charge in [0.15, 0.2) is 0 Å². The summed E-state index contributed by atoms with van der Waals surface area (Å²) in [5, 5.41) is 7.03. The first kappa shape index (κ1) is 22.9. The maximum atomic E-state index is 13.4. The molecule has 4 atom stereocenters. The van der Waals surface area contributed by atoms with E-state index in [-0.39, 0.29) is 29.1 Å². The van der Waals surface area contributed by atoms with Gasteiger partial charge in [-0.3, -0.25) is 19.4 Å². The number of H-pyrrole nitrogens is 1. The van der Waals surface area contributed by atoms with Crippen LogP contribution in [0.3, 0.4) is 0 Å². The first-order valence-electron chi connectivity index (χ1n) is 13.3. The van der Waals surface area contributed by atoms with Crippen LogP contribution < -0.4 is 10.6 Å². The zero-order chi connectivity index (χ0) is 25.9. The summed E-state index contributed by atoms with van der Waals surface area (Å²) in [6.07, 6.45) is 5.88. The number of hydrogen-bond donors (Lipinski definition) is 3. The zero-order valence-corrected chi connectivity index (χ0v) is 20.9. The van der Waals surface area contributed by atoms with Gasteiger partial charge in [0.25, 0.3) is 5.91 Å². The lowest BCUT2D eigenvalue weighted by Gasteiger charge is -2.54. The quantitative estimate of drug-likeness (QED) is 0.319. The zero-order valence-electron chi connectivity index (χ0n) is 20.9. The summed E-state index contributed by atoms with van der Waals surface area (Å²) in [5.41, 5.74) is 4.36. The van der Waals surface area contributed by atoms with Crippen molar-refractivity contribution in [2.24, 2.45) is 23.2 Å². The highest BCUT2D eigenvalue weighted by atomic mass is 16.2. The van der Waals surface area contributed by atoms with Crippen LogP contribution in [0, 0.1) is 23.2 Å². The molecule has 4 aliphatic carbocycles. The maximum absolute atomic E-state index is 13.4. The van der Waals surface area contributed by atoms with Crippen LogP contribution >= 0.6 is 0 Å². The van der Waals surface area contributed by atoms with Gasteiger partial charge < -0.3 is 15.6 Å². The largest absolute Gasteiger partial charge is 0.355 e. The standard InChI is InChI=1S/C31H28N4O3/c36-28-21-11-18-12-22(28)17-31(15-18,16-21)30(38)34-23-6-4-19(5-7-23)27-14-20-13-24(8-9-25(20)35-27)33-29(37)26-3-1-2-10-32-26/h1-10,13-14,18,21-22,35H,11-12,15-17H2,(H,33,37)(H,34,38)/t18-,21-,22+,31?. The third-order valence-electron chi connectivity index (χ3n) is 8.71. The van der Waals surface area contributed by atoms with E-state index in [1.165, 1.54) is 0 Å². The van der Waals surface area contributed by atoms with E-state index in [0.717, 1.165) is 47.1 Å². The van der Waals surface area contributed by atoms with Crippen molar-refractivity contribution in [2.45, 2.75) is 32.1 Å². The number of carbonyl (C=O) groups is 3. The van der Waals surface area contributed by atoms with Gasteiger partial charge >= 0.3 is 0 Å². The molecule has 2 amide bonds. The molecule has 190 valence electrons. The van der Waals surface area contributed by atoms with Crippen LogP contribution in [-0.4, -0.2) is 27.6 Å². The number of carbonyl (C=O) groups excluding carboxylic acids is 3. The molecule has 4 fully saturated rings. The number of amides is 2. The molecule has 4 aliphatic rings. The van der Waals surface area contributed by atoms with Crippen LogP contribution in [0.25, 0.3) is 22.2 Å². The van der Waals surface area contributed by atoms with E-state index in [1.54, 1.807) is 24.4 Å². The minimum atomic E-state index is -0.385. The third kappa shape index (κ3) is 3.90. The minimum absolute atomic E-state index is 0.0723. The number of pyridine rings is 1. The molecular weight excluding hydrogens is 476 g/mol. The number of ketones is 1. The second-order valence-electron chi connectivity index (χ2n) is 11.2. The summed E-state index contributed by atoms with van der Waals surface area (Å²) >= 11 is 0. The number of nitrogens with zero attached hydrogens (tertiary/aromatic N) is 1. The Kier molecular flexibility index (Phi) is 5.21. The number of fused-ring (bicyclic) bond motifs is 1. The lowest BCUT2D eigenvalue weighted by Crippen LogP contribution is -2.55. The molecule has 2 aromatic heterocycles. The molecule has 1 unspecified atom stereocenters. The predicted octanol–water partition coefficient (Wildman–Crippen LogP) is 5.82. The molecule has 0 spiro atoms. The highest BCUT2D eigenvalue weighted by Crippen LogP contribution is 2.58. The van der Waals surface area contributed by atoms with Crippen molar-refractivity contribution in [3.63, 3.8) is 0 Å². The van der Waals surface area contributed by atoms with E-state index >= 15 is 0 Å². The van der Waals surface area contributed by atoms with Crippen LogP contribution in [0.5, 0.6) is 0 Å². The van der Waals surface area contributed by atoms with Crippen molar-refractivity contribution < 1.29 is 14.4 Å². The number of anilines is 2. The van der Waals surface area contributed by atoms with Gasteiger partial charge in [-0.05, 0) is 92.1 Å². The summed E-state index contributed by atoms with van der Waals surface area (Å²) in [5.74, 6) is 0.904. The van der Waals surface area contributed by atoms with Gasteiger partial charge in [-0.2, -0.15) is 0 Å². The smallest absolute Gasteiger partial charge is 0.274 e. The average Bonchev–Trinajstić information content (AvgIpc) is 3.35. The van der Waals surface area contributed by atoms with E-state index in [4.69, 9.17) is 0 Å². The number of aromatic nitrogens is 2. The van der Waals surface area contributed by atoms with Crippen molar-refractivity contribution in [1.29, 1.82) is 0 Å². The van der Waals surface area contributed by atoms with Crippen LogP contribution in [0.15, 0.2) is 72.9 Å². The van der Waals surface area contributed by atoms with Gasteiger partial charge in [-0.15, -0.1) is 0 Å². The second-order valence-corrected chi connectivity index (χ2v) is 11.2. The van der Waals surface area contributed by atoms with Gasteiger partial charge in [0.1, 0.15) is 11.5 Å². The molecule has 8 rings (SSSR count). The summed E-state index contributed by atoms with van der Waals surface area (Å²) in [4.78, 5) is 45.9. The SMILES string of the molecule is O=C(Nc1ccc2[nH]c(-c3ccc(NC(=O)C45C[C@@H]6C[C@H](C4)C(=O)[C@@H](C6)C5)cc3)cc2c1)c1ccccn1. The van der Waals surface area contributed by atoms with Gasteiger partial charge in [0.2, 0.25) is 5.91 Å². The van der Waals surface area contributed by atoms with Crippen LogP contribution in [0.2, 0.25) is 0 Å². The molecule has 0 saturated heterocycles. The number of hydrogen-bond acceptors (Lipinski definition) is 4. The Bertz CT molecular complexity index is 1560. The fourth-order valence-corrected chi connectivity index (χ4v) is 7.08. The summed E-state index contributed by atoms with van der Waals surface area (Å²) in [6, 6.07) is 20.9. The van der Waals surface area contributed by atoms with Gasteiger partial charge in [-0.25, -0.2) is 0 Å². The van der Waals surface area contributed by atoms with Gasteiger partial charge in [0, 0.05) is 46.0 Å². The predicted molar refractivity (Wildman–Crippen MR) is 146 cm³/mol. The number of nitrogens with one attached hydrogen (secondary N) is 3. The molecule has 38 heavy (non-hydrogen) atoms. The number of rotatable bonds is 5. The second kappa shape index (κ2) is 8.65. The minimum Gasteiger partial charge on any atom is -0.355 e. The van der Waals surface area contributed by atoms with Crippen molar-refractivity contribution in [3.8, 4) is 11.3 Å². The molecule has 7 heteroatoms. The highest BCUT2D eigenvalue weighted by molar-refractivity contribution is 6.04. The molecular formula is C31H28N4O3. The topological polar surface area (TPSA) is 104 Å². The molecule has 0 aliphatic heterocycles. The first-order valence-corrected chi connectivity index (χ1v) is 13.3. The van der Waals surface area contributed by atoms with E-state index in [2.05, 4.69) is 20.6 Å². The van der Waals surface area contributed by atoms with E-state index < -0.39 is 0 Å². The Morgan fingerprint density at radius 3 is 2.37 bits per heavy atom. The van der Waals surface area contributed by atoms with Crippen LogP contribution in [0.1, 0.15) is 42.6 Å². The molecule has 0 radical (unpaired) electrons. The van der Waals surface area contributed by atoms with Crippen LogP contribution in [0.4, 0.5) is 11.4 Å². The molecule has 3 N–H and O–H groups in total. The number of benzene rings is 2. The van der Waals surface area contributed by atoms with E-state index in [0.29, 0.717) is 35.9 Å². The van der Waals surface area contributed by atoms with E-state index in [1.807, 2.05) is 48.5 Å². The Hall–Kier alpha value is -4.26. The lowest BCUT2D eigenvalue weighted by molar-refractivity contribution is -0.154. The molecule has 4 bridgehead atoms. The van der Waals surface area contributed by atoms with Crippen molar-refractivity contribution in [2.75, 3.05) is 10.6 Å². The Labute approximate surface area is 220 Å². The molecule has 4 saturated carbocycles. The third-order valence-corrected chi connectivity index (χ3v) is 8.71. The van der Waals surface area contributed by atoms with Crippen molar-refractivity contribution >= 4 is 39.9 Å². The van der Waals surface area contributed by atoms with Crippen molar-refractivity contribution in [1.82, 2.24) is 9.97 Å². The Morgan fingerprint density at radius 1 is 0.868 bits per heavy atom. The van der Waals surface area contributed by atoms with E-state index in [9.17, 15) is 14.4 Å². The maximum Gasteiger partial charge on any atom is 0.274 e. The molecule has 2 heterocycles. The monoisotopic (exact) mass is 504 g/mol. The summed E-state index contributed by atoms with van der Waals surface area (Å²) < 4.78 is 0. The number of aromatic amines is 1. The number of Topliss-reactive ketones (excluding diaryl/α,β-unsaturated/α-hetero) is 1. The first-order chi connectivity index (χ1) is 18.5. The normalized spacial score (nSPS) is 25.5. The molecule has 4 aromatic rings. The van der Waals surface area contributed by atoms with Gasteiger partial charge in [-0.1, -0.05) is 18.2 Å². The fraction of sp³-hybridized carbons (Fsp3) is 0.290. The van der Waals surface area contributed by atoms with Crippen molar-refractivity contribution in [3.05, 3.63) is 78.6 Å². The average molecular weight is 505 g/mol. The summed E-state index contributed by atoms with van der Waals surface area (Å²) in [6.45, 7) is 0. The molecule has 2 aromatic carbocycles. The summed E-state index contributed by atoms with van der Waals surface area (Å²) in [7, 11) is 0. The molecule has 7 nitrogen and oxygen atoms in total. The highest BCUT2D eigenvalue weighted by Gasteiger charge is 2.58.